The molecule has 19 heavy (non-hydrogen) atoms. The van der Waals surface area contributed by atoms with Crippen molar-refractivity contribution in [2.75, 3.05) is 13.1 Å². The first kappa shape index (κ1) is 14.5. The molecule has 0 spiro atoms. The van der Waals surface area contributed by atoms with E-state index in [2.05, 4.69) is 26.0 Å². The van der Waals surface area contributed by atoms with Crippen LogP contribution in [0.1, 0.15) is 37.3 Å². The van der Waals surface area contributed by atoms with Crippen LogP contribution in [0.2, 0.25) is 0 Å². The first-order chi connectivity index (χ1) is 8.95. The fraction of sp³-hybridized carbons (Fsp3) is 0.571. The lowest BCUT2D eigenvalue weighted by Gasteiger charge is -2.16. The van der Waals surface area contributed by atoms with Crippen LogP contribution in [0, 0.1) is 0 Å². The Labute approximate surface area is 115 Å². The lowest BCUT2D eigenvalue weighted by atomic mass is 10.0. The Hall–Kier alpha value is -0.910. The molecule has 5 heteroatoms. The number of benzene rings is 1. The van der Waals surface area contributed by atoms with Gasteiger partial charge in [0.2, 0.25) is 10.0 Å². The fourth-order valence-electron chi connectivity index (χ4n) is 2.40. The molecule has 2 rings (SSSR count). The molecule has 1 aliphatic heterocycles. The summed E-state index contributed by atoms with van der Waals surface area (Å²) >= 11 is 0. The molecule has 0 saturated carbocycles. The highest BCUT2D eigenvalue weighted by Crippen LogP contribution is 2.24. The molecular formula is C14H22N2O2S. The summed E-state index contributed by atoms with van der Waals surface area (Å²) in [5.41, 5.74) is 7.82. The van der Waals surface area contributed by atoms with E-state index in [0.717, 1.165) is 5.56 Å². The number of rotatable bonds is 4. The second-order valence-corrected chi connectivity index (χ2v) is 7.63. The van der Waals surface area contributed by atoms with Crippen LogP contribution in [0.15, 0.2) is 24.3 Å². The third-order valence-electron chi connectivity index (χ3n) is 3.75. The van der Waals surface area contributed by atoms with Gasteiger partial charge < -0.3 is 5.73 Å². The van der Waals surface area contributed by atoms with Crippen molar-refractivity contribution in [3.05, 3.63) is 35.4 Å². The molecule has 1 atom stereocenters. The second-order valence-electron chi connectivity index (χ2n) is 5.42. The minimum atomic E-state index is -3.19. The minimum absolute atomic E-state index is 0.213. The molecule has 1 aromatic carbocycles. The highest BCUT2D eigenvalue weighted by Gasteiger charge is 2.37. The second kappa shape index (κ2) is 5.61. The SMILES string of the molecule is CC(C)c1ccc(CN2CC[C@H](CN)S2(=O)=O)cc1. The molecule has 1 aromatic rings. The Balaban J connectivity index is 2.10. The molecule has 2 N–H and O–H groups in total. The smallest absolute Gasteiger partial charge is 0.218 e. The molecule has 1 aliphatic rings. The Morgan fingerprint density at radius 1 is 1.32 bits per heavy atom. The highest BCUT2D eigenvalue weighted by atomic mass is 32.2. The zero-order valence-corrected chi connectivity index (χ0v) is 12.4. The van der Waals surface area contributed by atoms with Gasteiger partial charge in [0, 0.05) is 19.6 Å². The lowest BCUT2D eigenvalue weighted by Crippen LogP contribution is -2.32. The Morgan fingerprint density at radius 2 is 1.95 bits per heavy atom. The van der Waals surface area contributed by atoms with Gasteiger partial charge in [-0.2, -0.15) is 4.31 Å². The maximum absolute atomic E-state index is 12.1. The van der Waals surface area contributed by atoms with E-state index in [0.29, 0.717) is 25.4 Å². The third kappa shape index (κ3) is 2.99. The summed E-state index contributed by atoms with van der Waals surface area (Å²) < 4.78 is 25.8. The van der Waals surface area contributed by atoms with Crippen molar-refractivity contribution in [3.63, 3.8) is 0 Å². The van der Waals surface area contributed by atoms with Gasteiger partial charge in [0.05, 0.1) is 5.25 Å². The van der Waals surface area contributed by atoms with Crippen molar-refractivity contribution in [1.82, 2.24) is 4.31 Å². The minimum Gasteiger partial charge on any atom is -0.329 e. The van der Waals surface area contributed by atoms with Crippen LogP contribution < -0.4 is 5.73 Å². The van der Waals surface area contributed by atoms with Crippen LogP contribution in [0.5, 0.6) is 0 Å². The van der Waals surface area contributed by atoms with Crippen molar-refractivity contribution >= 4 is 10.0 Å². The monoisotopic (exact) mass is 282 g/mol. The predicted octanol–water partition coefficient (Wildman–Crippen LogP) is 1.67. The average Bonchev–Trinajstić information content (AvgIpc) is 2.65. The molecule has 0 amide bonds. The number of hydrogen-bond donors (Lipinski definition) is 1. The Morgan fingerprint density at radius 3 is 2.42 bits per heavy atom. The number of nitrogens with two attached hydrogens (primary N) is 1. The molecule has 106 valence electrons. The van der Waals surface area contributed by atoms with Crippen LogP contribution in [0.4, 0.5) is 0 Å². The Kier molecular flexibility index (Phi) is 4.28. The van der Waals surface area contributed by atoms with Crippen molar-refractivity contribution in [2.24, 2.45) is 5.73 Å². The summed E-state index contributed by atoms with van der Waals surface area (Å²) in [6, 6.07) is 8.17. The quantitative estimate of drug-likeness (QED) is 0.913. The summed E-state index contributed by atoms with van der Waals surface area (Å²) in [7, 11) is -3.19. The summed E-state index contributed by atoms with van der Waals surface area (Å²) in [6.45, 7) is 5.54. The first-order valence-electron chi connectivity index (χ1n) is 6.73. The predicted molar refractivity (Wildman–Crippen MR) is 77.3 cm³/mol. The van der Waals surface area contributed by atoms with Crippen LogP contribution in [-0.2, 0) is 16.6 Å². The lowest BCUT2D eigenvalue weighted by molar-refractivity contribution is 0.439. The molecule has 0 bridgehead atoms. The summed E-state index contributed by atoms with van der Waals surface area (Å²) in [4.78, 5) is 0. The molecule has 4 nitrogen and oxygen atoms in total. The van der Waals surface area contributed by atoms with Gasteiger partial charge in [0.1, 0.15) is 0 Å². The summed E-state index contributed by atoms with van der Waals surface area (Å²) in [5, 5.41) is -0.401. The zero-order valence-electron chi connectivity index (χ0n) is 11.5. The zero-order chi connectivity index (χ0) is 14.0. The standard InChI is InChI=1S/C14H22N2O2S/c1-11(2)13-5-3-12(4-6-13)10-16-8-7-14(9-15)19(16,17)18/h3-6,11,14H,7-10,15H2,1-2H3/t14-/m1/s1. The third-order valence-corrected chi connectivity index (χ3v) is 6.05. The average molecular weight is 282 g/mol. The molecule has 0 radical (unpaired) electrons. The maximum atomic E-state index is 12.1. The van der Waals surface area contributed by atoms with Gasteiger partial charge in [-0.15, -0.1) is 0 Å². The molecule has 1 heterocycles. The van der Waals surface area contributed by atoms with Crippen LogP contribution in [-0.4, -0.2) is 31.1 Å². The molecule has 0 aliphatic carbocycles. The summed E-state index contributed by atoms with van der Waals surface area (Å²) in [5.74, 6) is 0.492. The van der Waals surface area contributed by atoms with Crippen LogP contribution in [0.3, 0.4) is 0 Å². The molecular weight excluding hydrogens is 260 g/mol. The van der Waals surface area contributed by atoms with E-state index in [9.17, 15) is 8.42 Å². The molecule has 0 aromatic heterocycles. The van der Waals surface area contributed by atoms with Crippen LogP contribution >= 0.6 is 0 Å². The number of hydrogen-bond acceptors (Lipinski definition) is 3. The van der Waals surface area contributed by atoms with Crippen molar-refractivity contribution < 1.29 is 8.42 Å². The van der Waals surface area contributed by atoms with E-state index < -0.39 is 15.3 Å². The van der Waals surface area contributed by atoms with E-state index in [1.807, 2.05) is 12.1 Å². The van der Waals surface area contributed by atoms with Crippen molar-refractivity contribution in [1.29, 1.82) is 0 Å². The molecule has 1 fully saturated rings. The van der Waals surface area contributed by atoms with Gasteiger partial charge >= 0.3 is 0 Å². The van der Waals surface area contributed by atoms with Gasteiger partial charge in [-0.05, 0) is 23.5 Å². The maximum Gasteiger partial charge on any atom is 0.218 e. The fourth-order valence-corrected chi connectivity index (χ4v) is 4.15. The van der Waals surface area contributed by atoms with E-state index >= 15 is 0 Å². The number of nitrogens with zero attached hydrogens (tertiary/aromatic N) is 1. The van der Waals surface area contributed by atoms with Gasteiger partial charge in [-0.3, -0.25) is 0 Å². The van der Waals surface area contributed by atoms with Crippen molar-refractivity contribution in [3.8, 4) is 0 Å². The van der Waals surface area contributed by atoms with Gasteiger partial charge in [0.15, 0.2) is 0 Å². The van der Waals surface area contributed by atoms with E-state index in [1.54, 1.807) is 4.31 Å². The first-order valence-corrected chi connectivity index (χ1v) is 8.23. The molecule has 1 saturated heterocycles. The van der Waals surface area contributed by atoms with Gasteiger partial charge in [-0.1, -0.05) is 38.1 Å². The van der Waals surface area contributed by atoms with E-state index in [1.165, 1.54) is 5.56 Å². The summed E-state index contributed by atoms with van der Waals surface area (Å²) in [6.07, 6.45) is 0.642. The normalized spacial score (nSPS) is 23.1. The Bertz CT molecular complexity index is 523. The van der Waals surface area contributed by atoms with Crippen LogP contribution in [0.25, 0.3) is 0 Å². The molecule has 0 unspecified atom stereocenters. The van der Waals surface area contributed by atoms with E-state index in [-0.39, 0.29) is 6.54 Å². The van der Waals surface area contributed by atoms with Gasteiger partial charge in [-0.25, -0.2) is 8.42 Å². The largest absolute Gasteiger partial charge is 0.329 e. The van der Waals surface area contributed by atoms with E-state index in [4.69, 9.17) is 5.73 Å². The van der Waals surface area contributed by atoms with Gasteiger partial charge in [0.25, 0.3) is 0 Å². The topological polar surface area (TPSA) is 63.4 Å². The highest BCUT2D eigenvalue weighted by molar-refractivity contribution is 7.90. The van der Waals surface area contributed by atoms with Crippen molar-refractivity contribution in [2.45, 2.75) is 38.0 Å². The number of sulfonamides is 1.